The van der Waals surface area contributed by atoms with E-state index in [9.17, 15) is 18.0 Å². The molecule has 196 valence electrons. The quantitative estimate of drug-likeness (QED) is 0.333. The second-order valence-electron chi connectivity index (χ2n) is 9.76. The van der Waals surface area contributed by atoms with Gasteiger partial charge in [-0.2, -0.15) is 13.2 Å². The summed E-state index contributed by atoms with van der Waals surface area (Å²) in [7, 11) is 0. The van der Waals surface area contributed by atoms with Gasteiger partial charge in [0.15, 0.2) is 5.78 Å². The van der Waals surface area contributed by atoms with Crippen LogP contribution in [0.15, 0.2) is 42.5 Å². The molecule has 0 saturated heterocycles. The molecular weight excluding hydrogens is 477 g/mol. The molecule has 7 heteroatoms. The molecule has 0 aliphatic carbocycles. The van der Waals surface area contributed by atoms with Gasteiger partial charge in [-0.15, -0.1) is 0 Å². The average molecular weight is 511 g/mol. The minimum absolute atomic E-state index is 0.178. The van der Waals surface area contributed by atoms with Crippen molar-refractivity contribution < 1.29 is 22.7 Å². The van der Waals surface area contributed by atoms with Crippen molar-refractivity contribution >= 4 is 11.5 Å². The number of Topliss-reactive ketones (excluding diaryl/α,β-unsaturated/α-hetero) is 1. The molecule has 2 aromatic carbocycles. The molecule has 1 aliphatic rings. The minimum Gasteiger partial charge on any atom is -0.490 e. The minimum atomic E-state index is -4.45. The number of rotatable bonds is 7. The standard InChI is InChI=1S/C30H33F3N2O2/c1-6-19-9-8-10-20(7-2)28(19)25-16-26(37-17(3)4)27(18(5)34-25)29(36)23-14-12-21-11-13-22(30(31,32)33)15-24(21)35-23/h8-11,13,15-17,23,35H,6-7,12,14H2,1-5H3. The predicted molar refractivity (Wildman–Crippen MR) is 140 cm³/mol. The fourth-order valence-electron chi connectivity index (χ4n) is 5.03. The largest absolute Gasteiger partial charge is 0.490 e. The third kappa shape index (κ3) is 5.50. The highest BCUT2D eigenvalue weighted by atomic mass is 19.4. The molecule has 0 spiro atoms. The number of pyridine rings is 1. The first-order valence-corrected chi connectivity index (χ1v) is 12.8. The summed E-state index contributed by atoms with van der Waals surface area (Å²) >= 11 is 0. The van der Waals surface area contributed by atoms with E-state index in [1.54, 1.807) is 6.92 Å². The first-order valence-electron chi connectivity index (χ1n) is 12.8. The van der Waals surface area contributed by atoms with Crippen molar-refractivity contribution in [3.63, 3.8) is 0 Å². The van der Waals surface area contributed by atoms with Crippen LogP contribution in [0.1, 0.15) is 72.4 Å². The lowest BCUT2D eigenvalue weighted by molar-refractivity contribution is -0.137. The van der Waals surface area contributed by atoms with Crippen LogP contribution in [0.5, 0.6) is 5.75 Å². The molecule has 0 radical (unpaired) electrons. The molecule has 0 fully saturated rings. The number of nitrogens with zero attached hydrogens (tertiary/aromatic N) is 1. The Labute approximate surface area is 216 Å². The summed E-state index contributed by atoms with van der Waals surface area (Å²) in [5.41, 5.74) is 5.46. The maximum Gasteiger partial charge on any atom is 0.416 e. The molecule has 1 unspecified atom stereocenters. The van der Waals surface area contributed by atoms with Crippen LogP contribution >= 0.6 is 0 Å². The van der Waals surface area contributed by atoms with Crippen LogP contribution in [0.25, 0.3) is 11.3 Å². The van der Waals surface area contributed by atoms with Crippen molar-refractivity contribution in [1.29, 1.82) is 0 Å². The zero-order valence-electron chi connectivity index (χ0n) is 21.9. The second-order valence-corrected chi connectivity index (χ2v) is 9.76. The SMILES string of the molecule is CCc1cccc(CC)c1-c1cc(OC(C)C)c(C(=O)C2CCc3ccc(C(F)(F)F)cc3N2)c(C)n1. The number of halogens is 3. The lowest BCUT2D eigenvalue weighted by Crippen LogP contribution is -2.34. The summed E-state index contributed by atoms with van der Waals surface area (Å²) in [5.74, 6) is 0.224. The first kappa shape index (κ1) is 26.7. The van der Waals surface area contributed by atoms with Gasteiger partial charge in [-0.05, 0) is 75.3 Å². The van der Waals surface area contributed by atoms with E-state index in [-0.39, 0.29) is 11.9 Å². The van der Waals surface area contributed by atoms with Crippen molar-refractivity contribution in [2.45, 2.75) is 78.6 Å². The molecule has 1 N–H and O–H groups in total. The lowest BCUT2D eigenvalue weighted by Gasteiger charge is -2.28. The molecule has 2 heterocycles. The van der Waals surface area contributed by atoms with Crippen LogP contribution in [0.3, 0.4) is 0 Å². The molecule has 1 aromatic heterocycles. The number of carbonyl (C=O) groups is 1. The number of ether oxygens (including phenoxy) is 1. The van der Waals surface area contributed by atoms with Crippen molar-refractivity contribution in [3.8, 4) is 17.0 Å². The maximum atomic E-state index is 13.8. The molecule has 4 nitrogen and oxygen atoms in total. The topological polar surface area (TPSA) is 51.2 Å². The van der Waals surface area contributed by atoms with E-state index in [0.29, 0.717) is 35.5 Å². The third-order valence-electron chi connectivity index (χ3n) is 6.81. The van der Waals surface area contributed by atoms with E-state index in [4.69, 9.17) is 9.72 Å². The Hall–Kier alpha value is -3.35. The van der Waals surface area contributed by atoms with Crippen molar-refractivity contribution in [2.75, 3.05) is 5.32 Å². The monoisotopic (exact) mass is 510 g/mol. The van der Waals surface area contributed by atoms with E-state index >= 15 is 0 Å². The molecule has 37 heavy (non-hydrogen) atoms. The van der Waals surface area contributed by atoms with Crippen molar-refractivity contribution in [2.24, 2.45) is 0 Å². The van der Waals surface area contributed by atoms with Gasteiger partial charge in [0, 0.05) is 17.3 Å². The van der Waals surface area contributed by atoms with Gasteiger partial charge in [0.1, 0.15) is 5.75 Å². The van der Waals surface area contributed by atoms with E-state index in [1.807, 2.05) is 26.0 Å². The Morgan fingerprint density at radius 1 is 1.11 bits per heavy atom. The van der Waals surface area contributed by atoms with Crippen molar-refractivity contribution in [1.82, 2.24) is 4.98 Å². The number of anilines is 1. The number of carbonyl (C=O) groups excluding carboxylic acids is 1. The van der Waals surface area contributed by atoms with Gasteiger partial charge < -0.3 is 10.1 Å². The summed E-state index contributed by atoms with van der Waals surface area (Å²) in [6, 6.07) is 11.0. The summed E-state index contributed by atoms with van der Waals surface area (Å²) < 4.78 is 46.0. The lowest BCUT2D eigenvalue weighted by atomic mass is 9.90. The highest BCUT2D eigenvalue weighted by Gasteiger charge is 2.34. The number of aromatic nitrogens is 1. The highest BCUT2D eigenvalue weighted by molar-refractivity contribution is 6.05. The Bertz CT molecular complexity index is 1290. The second kappa shape index (κ2) is 10.6. The van der Waals surface area contributed by atoms with E-state index in [0.717, 1.165) is 41.8 Å². The highest BCUT2D eigenvalue weighted by Crippen LogP contribution is 2.37. The summed E-state index contributed by atoms with van der Waals surface area (Å²) in [5, 5.41) is 3.07. The fraction of sp³-hybridized carbons (Fsp3) is 0.400. The molecule has 3 aromatic rings. The smallest absolute Gasteiger partial charge is 0.416 e. The van der Waals surface area contributed by atoms with Gasteiger partial charge in [0.2, 0.25) is 0 Å². The molecule has 0 amide bonds. The molecule has 1 atom stereocenters. The number of benzene rings is 2. The number of hydrogen-bond donors (Lipinski definition) is 1. The summed E-state index contributed by atoms with van der Waals surface area (Å²) in [6.07, 6.45) is -1.97. The number of nitrogens with one attached hydrogen (secondary N) is 1. The number of hydrogen-bond acceptors (Lipinski definition) is 4. The Morgan fingerprint density at radius 2 is 1.78 bits per heavy atom. The molecule has 4 rings (SSSR count). The van der Waals surface area contributed by atoms with Crippen molar-refractivity contribution in [3.05, 3.63) is 76.0 Å². The average Bonchev–Trinajstić information content (AvgIpc) is 2.86. The Morgan fingerprint density at radius 3 is 2.38 bits per heavy atom. The fourth-order valence-corrected chi connectivity index (χ4v) is 5.03. The maximum absolute atomic E-state index is 13.8. The third-order valence-corrected chi connectivity index (χ3v) is 6.81. The van der Waals surface area contributed by atoms with E-state index in [1.165, 1.54) is 17.2 Å². The van der Waals surface area contributed by atoms with Gasteiger partial charge in [-0.1, -0.05) is 38.1 Å². The first-order chi connectivity index (χ1) is 17.5. The van der Waals surface area contributed by atoms with Crippen LogP contribution in [-0.2, 0) is 25.4 Å². The number of ketones is 1. The normalized spacial score (nSPS) is 15.3. The van der Waals surface area contributed by atoms with E-state index in [2.05, 4.69) is 31.3 Å². The molecule has 0 bridgehead atoms. The van der Waals surface area contributed by atoms with Crippen LogP contribution in [0.4, 0.5) is 18.9 Å². The molecule has 0 saturated carbocycles. The van der Waals surface area contributed by atoms with Gasteiger partial charge in [-0.25, -0.2) is 0 Å². The summed E-state index contributed by atoms with van der Waals surface area (Å²) in [6.45, 7) is 9.79. The summed E-state index contributed by atoms with van der Waals surface area (Å²) in [4.78, 5) is 18.7. The van der Waals surface area contributed by atoms with Crippen LogP contribution in [0, 0.1) is 6.92 Å². The van der Waals surface area contributed by atoms with Gasteiger partial charge in [0.05, 0.1) is 34.7 Å². The predicted octanol–water partition coefficient (Wildman–Crippen LogP) is 7.60. The number of aryl methyl sites for hydroxylation is 4. The van der Waals surface area contributed by atoms with Gasteiger partial charge in [0.25, 0.3) is 0 Å². The Balaban J connectivity index is 1.76. The van der Waals surface area contributed by atoms with Crippen LogP contribution in [-0.4, -0.2) is 22.9 Å². The number of fused-ring (bicyclic) bond motifs is 1. The van der Waals surface area contributed by atoms with Gasteiger partial charge >= 0.3 is 6.18 Å². The van der Waals surface area contributed by atoms with Crippen LogP contribution < -0.4 is 10.1 Å². The molecular formula is C30H33F3N2O2. The Kier molecular flexibility index (Phi) is 7.62. The number of alkyl halides is 3. The zero-order valence-corrected chi connectivity index (χ0v) is 21.9. The van der Waals surface area contributed by atoms with Gasteiger partial charge in [-0.3, -0.25) is 9.78 Å². The molecule has 1 aliphatic heterocycles. The van der Waals surface area contributed by atoms with E-state index < -0.39 is 17.8 Å². The zero-order chi connectivity index (χ0) is 26.9. The van der Waals surface area contributed by atoms with Crippen LogP contribution in [0.2, 0.25) is 0 Å².